The van der Waals surface area contributed by atoms with Gasteiger partial charge in [0.1, 0.15) is 0 Å². The maximum atomic E-state index is 8.33. The van der Waals surface area contributed by atoms with Crippen molar-refractivity contribution in [2.75, 3.05) is 19.8 Å². The molecule has 0 bridgehead atoms. The maximum absolute atomic E-state index is 8.33. The number of ether oxygens (including phenoxy) is 2. The Morgan fingerprint density at radius 3 is 2.67 bits per heavy atom. The van der Waals surface area contributed by atoms with Gasteiger partial charge in [-0.05, 0) is 6.08 Å². The van der Waals surface area contributed by atoms with Gasteiger partial charge >= 0.3 is 0 Å². The van der Waals surface area contributed by atoms with E-state index in [0.29, 0.717) is 13.2 Å². The van der Waals surface area contributed by atoms with E-state index in [2.05, 4.69) is 0 Å². The van der Waals surface area contributed by atoms with Crippen molar-refractivity contribution >= 4 is 0 Å². The number of hydrogen-bond acceptors (Lipinski definition) is 3. The molecule has 52 valence electrons. The first-order chi connectivity index (χ1) is 4.43. The summed E-state index contributed by atoms with van der Waals surface area (Å²) in [7, 11) is 0. The Balaban J connectivity index is 2.18. The normalized spacial score (nSPS) is 21.9. The molecule has 1 heterocycles. The fourth-order valence-corrected chi connectivity index (χ4v) is 0.660. The first kappa shape index (κ1) is 6.74. The molecule has 1 saturated heterocycles. The summed E-state index contributed by atoms with van der Waals surface area (Å²) in [5.41, 5.74) is 0. The molecule has 1 aliphatic rings. The molecule has 0 atom stereocenters. The van der Waals surface area contributed by atoms with Crippen molar-refractivity contribution in [2.24, 2.45) is 0 Å². The van der Waals surface area contributed by atoms with Gasteiger partial charge in [-0.2, -0.15) is 0 Å². The van der Waals surface area contributed by atoms with Crippen LogP contribution in [0.2, 0.25) is 0 Å². The van der Waals surface area contributed by atoms with E-state index in [1.807, 2.05) is 0 Å². The molecule has 0 aliphatic carbocycles. The van der Waals surface area contributed by atoms with E-state index in [9.17, 15) is 0 Å². The van der Waals surface area contributed by atoms with Crippen LogP contribution < -0.4 is 0 Å². The first-order valence-electron chi connectivity index (χ1n) is 2.94. The lowest BCUT2D eigenvalue weighted by Crippen LogP contribution is -2.01. The third-order valence-electron chi connectivity index (χ3n) is 1.05. The molecule has 1 aliphatic heterocycles. The fraction of sp³-hybridized carbons (Fsp3) is 0.667. The molecule has 0 aromatic heterocycles. The van der Waals surface area contributed by atoms with Gasteiger partial charge in [0.2, 0.25) is 0 Å². The van der Waals surface area contributed by atoms with E-state index in [0.717, 1.165) is 0 Å². The summed E-state index contributed by atoms with van der Waals surface area (Å²) in [4.78, 5) is 0. The standard InChI is InChI=1S/C6H10O3/c7-3-1-2-6-8-4-5-9-6/h1-2,6-7H,3-5H2/b2-1+. The quantitative estimate of drug-likeness (QED) is 0.531. The summed E-state index contributed by atoms with van der Waals surface area (Å²) in [5.74, 6) is 0. The van der Waals surface area contributed by atoms with E-state index < -0.39 is 0 Å². The Hall–Kier alpha value is -0.380. The minimum atomic E-state index is -0.225. The molecule has 0 radical (unpaired) electrons. The minimum Gasteiger partial charge on any atom is -0.392 e. The van der Waals surface area contributed by atoms with Gasteiger partial charge in [-0.15, -0.1) is 0 Å². The first-order valence-corrected chi connectivity index (χ1v) is 2.94. The molecular weight excluding hydrogens is 120 g/mol. The van der Waals surface area contributed by atoms with Crippen molar-refractivity contribution in [3.63, 3.8) is 0 Å². The molecule has 1 fully saturated rings. The van der Waals surface area contributed by atoms with Crippen molar-refractivity contribution < 1.29 is 14.6 Å². The van der Waals surface area contributed by atoms with Crippen molar-refractivity contribution in [1.82, 2.24) is 0 Å². The smallest absolute Gasteiger partial charge is 0.177 e. The average molecular weight is 130 g/mol. The lowest BCUT2D eigenvalue weighted by molar-refractivity contribution is -0.00193. The monoisotopic (exact) mass is 130 g/mol. The summed E-state index contributed by atoms with van der Waals surface area (Å²) in [6.45, 7) is 1.35. The second kappa shape index (κ2) is 3.61. The van der Waals surface area contributed by atoms with Gasteiger partial charge in [-0.25, -0.2) is 0 Å². The van der Waals surface area contributed by atoms with Crippen LogP contribution in [0.1, 0.15) is 0 Å². The van der Waals surface area contributed by atoms with Crippen LogP contribution in [0.5, 0.6) is 0 Å². The van der Waals surface area contributed by atoms with Gasteiger partial charge < -0.3 is 14.6 Å². The lowest BCUT2D eigenvalue weighted by Gasteiger charge is -1.99. The van der Waals surface area contributed by atoms with Crippen LogP contribution in [0.15, 0.2) is 12.2 Å². The second-order valence-electron chi connectivity index (χ2n) is 1.72. The SMILES string of the molecule is OC/C=C/C1OCCO1. The molecule has 1 rings (SSSR count). The molecule has 0 saturated carbocycles. The highest BCUT2D eigenvalue weighted by molar-refractivity contribution is 4.85. The summed E-state index contributed by atoms with van der Waals surface area (Å²) in [5, 5.41) is 8.33. The molecule has 9 heavy (non-hydrogen) atoms. The molecule has 0 aromatic rings. The van der Waals surface area contributed by atoms with Crippen LogP contribution in [0.3, 0.4) is 0 Å². The van der Waals surface area contributed by atoms with Crippen LogP contribution >= 0.6 is 0 Å². The molecule has 0 aromatic carbocycles. The van der Waals surface area contributed by atoms with Gasteiger partial charge in [-0.3, -0.25) is 0 Å². The van der Waals surface area contributed by atoms with E-state index in [4.69, 9.17) is 14.6 Å². The highest BCUT2D eigenvalue weighted by Crippen LogP contribution is 2.03. The zero-order valence-electron chi connectivity index (χ0n) is 5.12. The molecule has 3 nitrogen and oxygen atoms in total. The molecule has 0 amide bonds. The van der Waals surface area contributed by atoms with Crippen LogP contribution in [0.25, 0.3) is 0 Å². The maximum Gasteiger partial charge on any atom is 0.177 e. The van der Waals surface area contributed by atoms with E-state index >= 15 is 0 Å². The van der Waals surface area contributed by atoms with Gasteiger partial charge in [0.15, 0.2) is 6.29 Å². The van der Waals surface area contributed by atoms with Crippen molar-refractivity contribution in [3.8, 4) is 0 Å². The molecular formula is C6H10O3. The van der Waals surface area contributed by atoms with Crippen LogP contribution in [-0.2, 0) is 9.47 Å². The Bertz CT molecular complexity index is 94.5. The summed E-state index contributed by atoms with van der Waals surface area (Å²) < 4.78 is 10.1. The largest absolute Gasteiger partial charge is 0.392 e. The van der Waals surface area contributed by atoms with Crippen molar-refractivity contribution in [1.29, 1.82) is 0 Å². The number of hydrogen-bond donors (Lipinski definition) is 1. The van der Waals surface area contributed by atoms with E-state index in [1.165, 1.54) is 0 Å². The van der Waals surface area contributed by atoms with E-state index in [-0.39, 0.29) is 12.9 Å². The lowest BCUT2D eigenvalue weighted by atomic mass is 10.5. The highest BCUT2D eigenvalue weighted by atomic mass is 16.7. The Morgan fingerprint density at radius 2 is 2.11 bits per heavy atom. The molecule has 0 spiro atoms. The summed E-state index contributed by atoms with van der Waals surface area (Å²) >= 11 is 0. The van der Waals surface area contributed by atoms with Crippen molar-refractivity contribution in [3.05, 3.63) is 12.2 Å². The number of aliphatic hydroxyl groups excluding tert-OH is 1. The van der Waals surface area contributed by atoms with Crippen molar-refractivity contribution in [2.45, 2.75) is 6.29 Å². The zero-order chi connectivity index (χ0) is 6.53. The fourth-order valence-electron chi connectivity index (χ4n) is 0.660. The average Bonchev–Trinajstić information content (AvgIpc) is 2.34. The van der Waals surface area contributed by atoms with Gasteiger partial charge in [0.25, 0.3) is 0 Å². The Kier molecular flexibility index (Phi) is 2.70. The zero-order valence-corrected chi connectivity index (χ0v) is 5.12. The van der Waals surface area contributed by atoms with Crippen LogP contribution in [0.4, 0.5) is 0 Å². The molecule has 0 unspecified atom stereocenters. The number of aliphatic hydroxyl groups is 1. The van der Waals surface area contributed by atoms with Gasteiger partial charge in [0.05, 0.1) is 19.8 Å². The second-order valence-corrected chi connectivity index (χ2v) is 1.72. The minimum absolute atomic E-state index is 0.0449. The number of rotatable bonds is 2. The summed E-state index contributed by atoms with van der Waals surface area (Å²) in [6, 6.07) is 0. The Labute approximate surface area is 53.9 Å². The predicted molar refractivity (Wildman–Crippen MR) is 31.9 cm³/mol. The van der Waals surface area contributed by atoms with Crippen LogP contribution in [-0.4, -0.2) is 31.2 Å². The van der Waals surface area contributed by atoms with Gasteiger partial charge in [0, 0.05) is 0 Å². The molecule has 1 N–H and O–H groups in total. The Morgan fingerprint density at radius 1 is 1.44 bits per heavy atom. The third-order valence-corrected chi connectivity index (χ3v) is 1.05. The molecule has 3 heteroatoms. The van der Waals surface area contributed by atoms with Gasteiger partial charge in [-0.1, -0.05) is 6.08 Å². The van der Waals surface area contributed by atoms with E-state index in [1.54, 1.807) is 12.2 Å². The highest BCUT2D eigenvalue weighted by Gasteiger charge is 2.10. The topological polar surface area (TPSA) is 38.7 Å². The summed E-state index contributed by atoms with van der Waals surface area (Å²) in [6.07, 6.45) is 3.08. The predicted octanol–water partition coefficient (Wildman–Crippen LogP) is -0.0922. The van der Waals surface area contributed by atoms with Crippen LogP contribution in [0, 0.1) is 0 Å². The third kappa shape index (κ3) is 2.13.